The molecular weight excluding hydrogens is 417 g/mol. The number of H-pyrrole nitrogens is 1. The number of aromatic amines is 1. The van der Waals surface area contributed by atoms with Gasteiger partial charge in [0.1, 0.15) is 11.4 Å². The van der Waals surface area contributed by atoms with E-state index in [1.807, 2.05) is 6.07 Å². The second-order valence-electron chi connectivity index (χ2n) is 6.12. The smallest absolute Gasteiger partial charge is 0.268 e. The summed E-state index contributed by atoms with van der Waals surface area (Å²) in [4.78, 5) is 27.1. The Labute approximate surface area is 173 Å². The standard InChI is InChI=1S/C18H11Cl2N7O2/c19-11-2-1-3-12(20)14(11)27-8-29-16-10(17(27)28)7-21-18(25-16)24-13-5-4-9-6-22-26-15(9)23-13/h1-7H,8H2,(H2,21,22,23,24,25,26). The maximum absolute atomic E-state index is 12.9. The van der Waals surface area contributed by atoms with Crippen molar-refractivity contribution in [1.82, 2.24) is 25.1 Å². The first-order valence-corrected chi connectivity index (χ1v) is 9.18. The molecule has 1 aliphatic heterocycles. The van der Waals surface area contributed by atoms with Crippen LogP contribution in [-0.4, -0.2) is 37.8 Å². The van der Waals surface area contributed by atoms with E-state index in [9.17, 15) is 4.79 Å². The van der Waals surface area contributed by atoms with Crippen molar-refractivity contribution < 1.29 is 9.53 Å². The lowest BCUT2D eigenvalue weighted by atomic mass is 10.2. The van der Waals surface area contributed by atoms with Gasteiger partial charge in [-0.25, -0.2) is 9.97 Å². The third kappa shape index (κ3) is 3.10. The summed E-state index contributed by atoms with van der Waals surface area (Å²) in [5.41, 5.74) is 1.21. The van der Waals surface area contributed by atoms with Crippen LogP contribution < -0.4 is 15.0 Å². The quantitative estimate of drug-likeness (QED) is 0.511. The average Bonchev–Trinajstić information content (AvgIpc) is 3.17. The van der Waals surface area contributed by atoms with E-state index in [1.54, 1.807) is 30.5 Å². The Bertz CT molecular complexity index is 1240. The molecule has 3 aromatic heterocycles. The second kappa shape index (κ2) is 6.87. The van der Waals surface area contributed by atoms with Gasteiger partial charge in [-0.15, -0.1) is 0 Å². The van der Waals surface area contributed by atoms with Crippen LogP contribution in [-0.2, 0) is 0 Å². The molecule has 0 atom stereocenters. The molecule has 9 nitrogen and oxygen atoms in total. The summed E-state index contributed by atoms with van der Waals surface area (Å²) in [6, 6.07) is 8.63. The molecule has 0 bridgehead atoms. The summed E-state index contributed by atoms with van der Waals surface area (Å²) in [6.45, 7) is -0.0793. The van der Waals surface area contributed by atoms with Crippen molar-refractivity contribution in [3.05, 3.63) is 58.3 Å². The van der Waals surface area contributed by atoms with Gasteiger partial charge in [-0.2, -0.15) is 10.1 Å². The Morgan fingerprint density at radius 2 is 1.93 bits per heavy atom. The summed E-state index contributed by atoms with van der Waals surface area (Å²) in [6.07, 6.45) is 3.07. The molecular formula is C18H11Cl2N7O2. The van der Waals surface area contributed by atoms with Gasteiger partial charge in [-0.1, -0.05) is 29.3 Å². The predicted molar refractivity (Wildman–Crippen MR) is 108 cm³/mol. The van der Waals surface area contributed by atoms with E-state index < -0.39 is 0 Å². The number of carbonyl (C=O) groups is 1. The largest absolute Gasteiger partial charge is 0.455 e. The monoisotopic (exact) mass is 427 g/mol. The lowest BCUT2D eigenvalue weighted by Gasteiger charge is -2.29. The number of nitrogens with zero attached hydrogens (tertiary/aromatic N) is 5. The lowest BCUT2D eigenvalue weighted by molar-refractivity contribution is 0.0932. The molecule has 0 spiro atoms. The fourth-order valence-electron chi connectivity index (χ4n) is 2.94. The highest BCUT2D eigenvalue weighted by atomic mass is 35.5. The Balaban J connectivity index is 1.43. The molecule has 4 aromatic rings. The zero-order valence-corrected chi connectivity index (χ0v) is 16.1. The van der Waals surface area contributed by atoms with E-state index in [1.165, 1.54) is 11.1 Å². The first-order chi connectivity index (χ1) is 14.1. The summed E-state index contributed by atoms with van der Waals surface area (Å²) in [5, 5.41) is 11.3. The molecule has 144 valence electrons. The van der Waals surface area contributed by atoms with E-state index >= 15 is 0 Å². The topological polar surface area (TPSA) is 109 Å². The zero-order chi connectivity index (χ0) is 20.0. The highest BCUT2D eigenvalue weighted by Gasteiger charge is 2.31. The number of nitrogens with one attached hydrogen (secondary N) is 2. The van der Waals surface area contributed by atoms with Gasteiger partial charge in [0, 0.05) is 11.6 Å². The van der Waals surface area contributed by atoms with Crippen molar-refractivity contribution in [2.75, 3.05) is 16.9 Å². The third-order valence-electron chi connectivity index (χ3n) is 4.31. The normalized spacial score (nSPS) is 13.3. The molecule has 11 heteroatoms. The van der Waals surface area contributed by atoms with Crippen molar-refractivity contribution >= 4 is 57.6 Å². The molecule has 1 aliphatic rings. The summed E-state index contributed by atoms with van der Waals surface area (Å²) >= 11 is 12.4. The number of anilines is 3. The summed E-state index contributed by atoms with van der Waals surface area (Å²) in [7, 11) is 0. The molecule has 0 saturated heterocycles. The summed E-state index contributed by atoms with van der Waals surface area (Å²) in [5.74, 6) is 0.569. The number of pyridine rings is 1. The molecule has 0 aliphatic carbocycles. The number of benzene rings is 1. The number of ether oxygens (including phenoxy) is 1. The Morgan fingerprint density at radius 1 is 1.10 bits per heavy atom. The first kappa shape index (κ1) is 17.7. The Morgan fingerprint density at radius 3 is 2.76 bits per heavy atom. The Hall–Kier alpha value is -3.43. The molecule has 4 heterocycles. The van der Waals surface area contributed by atoms with Crippen LogP contribution >= 0.6 is 23.2 Å². The predicted octanol–water partition coefficient (Wildman–Crippen LogP) is 3.80. The molecule has 0 fully saturated rings. The van der Waals surface area contributed by atoms with Crippen LogP contribution in [0.5, 0.6) is 5.88 Å². The SMILES string of the molecule is O=C1c2cnc(Nc3ccc4cn[nH]c4n3)nc2OCN1c1c(Cl)cccc1Cl. The van der Waals surface area contributed by atoms with Crippen LogP contribution in [0.1, 0.15) is 10.4 Å². The number of halogens is 2. The highest BCUT2D eigenvalue weighted by molar-refractivity contribution is 6.40. The number of carbonyl (C=O) groups excluding carboxylic acids is 1. The minimum Gasteiger partial charge on any atom is -0.455 e. The molecule has 0 saturated carbocycles. The number of rotatable bonds is 3. The lowest BCUT2D eigenvalue weighted by Crippen LogP contribution is -2.39. The van der Waals surface area contributed by atoms with Gasteiger partial charge < -0.3 is 10.1 Å². The number of hydrogen-bond donors (Lipinski definition) is 2. The average molecular weight is 428 g/mol. The fourth-order valence-corrected chi connectivity index (χ4v) is 3.54. The van der Waals surface area contributed by atoms with E-state index in [0.29, 0.717) is 27.2 Å². The maximum Gasteiger partial charge on any atom is 0.268 e. The maximum atomic E-state index is 12.9. The van der Waals surface area contributed by atoms with Crippen molar-refractivity contribution in [1.29, 1.82) is 0 Å². The van der Waals surface area contributed by atoms with Gasteiger partial charge >= 0.3 is 0 Å². The van der Waals surface area contributed by atoms with Gasteiger partial charge in [0.05, 0.1) is 21.9 Å². The number of hydrogen-bond acceptors (Lipinski definition) is 7. The van der Waals surface area contributed by atoms with Crippen LogP contribution in [0.15, 0.2) is 42.7 Å². The van der Waals surface area contributed by atoms with Gasteiger partial charge in [0.15, 0.2) is 12.4 Å². The highest BCUT2D eigenvalue weighted by Crippen LogP contribution is 2.37. The summed E-state index contributed by atoms with van der Waals surface area (Å²) < 4.78 is 5.67. The van der Waals surface area contributed by atoms with Crippen LogP contribution in [0, 0.1) is 0 Å². The molecule has 0 radical (unpaired) electrons. The number of para-hydroxylation sites is 1. The molecule has 5 rings (SSSR count). The fraction of sp³-hybridized carbons (Fsp3) is 0.0556. The zero-order valence-electron chi connectivity index (χ0n) is 14.6. The van der Waals surface area contributed by atoms with Crippen molar-refractivity contribution in [2.45, 2.75) is 0 Å². The van der Waals surface area contributed by atoms with Crippen molar-refractivity contribution in [2.24, 2.45) is 0 Å². The molecule has 1 amide bonds. The van der Waals surface area contributed by atoms with Crippen LogP contribution in [0.25, 0.3) is 11.0 Å². The first-order valence-electron chi connectivity index (χ1n) is 8.43. The van der Waals surface area contributed by atoms with Gasteiger partial charge in [-0.3, -0.25) is 14.8 Å². The van der Waals surface area contributed by atoms with E-state index in [4.69, 9.17) is 27.9 Å². The number of amides is 1. The number of fused-ring (bicyclic) bond motifs is 2. The van der Waals surface area contributed by atoms with Gasteiger partial charge in [0.2, 0.25) is 11.8 Å². The second-order valence-corrected chi connectivity index (χ2v) is 6.93. The third-order valence-corrected chi connectivity index (χ3v) is 4.92. The van der Waals surface area contributed by atoms with E-state index in [-0.39, 0.29) is 30.0 Å². The van der Waals surface area contributed by atoms with Gasteiger partial charge in [0.25, 0.3) is 5.91 Å². The van der Waals surface area contributed by atoms with Crippen molar-refractivity contribution in [3.63, 3.8) is 0 Å². The molecule has 0 unspecified atom stereocenters. The van der Waals surface area contributed by atoms with Crippen LogP contribution in [0.2, 0.25) is 10.0 Å². The van der Waals surface area contributed by atoms with Gasteiger partial charge in [-0.05, 0) is 24.3 Å². The van der Waals surface area contributed by atoms with E-state index in [2.05, 4.69) is 30.5 Å². The minimum atomic E-state index is -0.357. The molecule has 1 aromatic carbocycles. The van der Waals surface area contributed by atoms with Crippen molar-refractivity contribution in [3.8, 4) is 5.88 Å². The minimum absolute atomic E-state index is 0.0793. The Kier molecular flexibility index (Phi) is 4.18. The van der Waals surface area contributed by atoms with Crippen LogP contribution in [0.3, 0.4) is 0 Å². The van der Waals surface area contributed by atoms with Crippen LogP contribution in [0.4, 0.5) is 17.5 Å². The van der Waals surface area contributed by atoms with E-state index in [0.717, 1.165) is 5.39 Å². The molecule has 29 heavy (non-hydrogen) atoms. The molecule has 2 N–H and O–H groups in total. The number of aromatic nitrogens is 5.